The zero-order valence-electron chi connectivity index (χ0n) is 15.8. The van der Waals surface area contributed by atoms with Crippen LogP contribution in [0.25, 0.3) is 22.2 Å². The lowest BCUT2D eigenvalue weighted by Gasteiger charge is -2.16. The van der Waals surface area contributed by atoms with E-state index in [1.54, 1.807) is 11.3 Å². The molecule has 1 aromatic carbocycles. The summed E-state index contributed by atoms with van der Waals surface area (Å²) < 4.78 is 11.3. The van der Waals surface area contributed by atoms with Gasteiger partial charge in [-0.3, -0.25) is 4.90 Å². The van der Waals surface area contributed by atoms with Gasteiger partial charge in [-0.1, -0.05) is 48.0 Å². The molecule has 0 amide bonds. The van der Waals surface area contributed by atoms with E-state index < -0.39 is 0 Å². The summed E-state index contributed by atoms with van der Waals surface area (Å²) in [5.41, 5.74) is 2.14. The first-order valence-electron chi connectivity index (χ1n) is 9.19. The van der Waals surface area contributed by atoms with Crippen molar-refractivity contribution in [1.29, 1.82) is 0 Å². The van der Waals surface area contributed by atoms with Gasteiger partial charge in [-0.2, -0.15) is 4.98 Å². The van der Waals surface area contributed by atoms with Gasteiger partial charge < -0.3 is 8.94 Å². The Hall–Kier alpha value is -2.84. The molecule has 28 heavy (non-hydrogen) atoms. The maximum atomic E-state index is 5.81. The fourth-order valence-corrected chi connectivity index (χ4v) is 3.51. The summed E-state index contributed by atoms with van der Waals surface area (Å²) in [6.45, 7) is 6.11. The highest BCUT2D eigenvalue weighted by molar-refractivity contribution is 7.13. The van der Waals surface area contributed by atoms with Crippen LogP contribution in [-0.2, 0) is 13.1 Å². The normalized spacial score (nSPS) is 11.4. The molecule has 0 atom stereocenters. The summed E-state index contributed by atoms with van der Waals surface area (Å²) in [6, 6.07) is 12.0. The van der Waals surface area contributed by atoms with Crippen LogP contribution in [0.3, 0.4) is 0 Å². The van der Waals surface area contributed by atoms with Gasteiger partial charge in [-0.25, -0.2) is 0 Å². The number of aryl methyl sites for hydroxylation is 1. The van der Waals surface area contributed by atoms with Crippen molar-refractivity contribution in [3.63, 3.8) is 0 Å². The maximum Gasteiger partial charge on any atom is 0.257 e. The Morgan fingerprint density at radius 1 is 1.04 bits per heavy atom. The highest BCUT2D eigenvalue weighted by atomic mass is 32.1. The van der Waals surface area contributed by atoms with Crippen molar-refractivity contribution in [3.8, 4) is 22.2 Å². The molecule has 0 fully saturated rings. The molecule has 0 spiro atoms. The van der Waals surface area contributed by atoms with E-state index in [9.17, 15) is 0 Å². The minimum absolute atomic E-state index is 0.531. The molecular formula is C20H21N5O2S. The minimum Gasteiger partial charge on any atom is -0.419 e. The molecule has 0 radical (unpaired) electrons. The predicted octanol–water partition coefficient (Wildman–Crippen LogP) is 4.57. The van der Waals surface area contributed by atoms with Crippen molar-refractivity contribution >= 4 is 11.3 Å². The molecule has 144 valence electrons. The maximum absolute atomic E-state index is 5.81. The third-order valence-corrected chi connectivity index (χ3v) is 5.09. The molecule has 0 saturated heterocycles. The lowest BCUT2D eigenvalue weighted by molar-refractivity contribution is 0.201. The van der Waals surface area contributed by atoms with E-state index in [0.29, 0.717) is 36.6 Å². The Morgan fingerprint density at radius 2 is 1.86 bits per heavy atom. The monoisotopic (exact) mass is 395 g/mol. The fourth-order valence-electron chi connectivity index (χ4n) is 2.87. The Morgan fingerprint density at radius 3 is 2.61 bits per heavy atom. The fraction of sp³-hybridized carbons (Fsp3) is 0.300. The van der Waals surface area contributed by atoms with Crippen molar-refractivity contribution in [1.82, 2.24) is 25.2 Å². The average molecular weight is 395 g/mol. The standard InChI is InChI=1S/C20H21N5O2S/c1-3-10-25(13-18-22-23-20(26-18)16-5-4-11-28-16)12-17-21-19(24-27-17)15-8-6-14(2)7-9-15/h4-9,11H,3,10,12-13H2,1-2H3. The van der Waals surface area contributed by atoms with E-state index >= 15 is 0 Å². The van der Waals surface area contributed by atoms with Crippen molar-refractivity contribution in [2.45, 2.75) is 33.4 Å². The van der Waals surface area contributed by atoms with E-state index in [1.807, 2.05) is 41.8 Å². The van der Waals surface area contributed by atoms with Crippen LogP contribution in [0.15, 0.2) is 50.7 Å². The van der Waals surface area contributed by atoms with Crippen LogP contribution in [0.4, 0.5) is 0 Å². The summed E-state index contributed by atoms with van der Waals surface area (Å²) in [5.74, 6) is 2.31. The number of rotatable bonds is 8. The Balaban J connectivity index is 1.44. The Bertz CT molecular complexity index is 1010. The number of hydrogen-bond acceptors (Lipinski definition) is 8. The van der Waals surface area contributed by atoms with Gasteiger partial charge in [0.25, 0.3) is 5.89 Å². The van der Waals surface area contributed by atoms with Crippen LogP contribution in [-0.4, -0.2) is 31.8 Å². The van der Waals surface area contributed by atoms with Crippen LogP contribution in [0.5, 0.6) is 0 Å². The molecular weight excluding hydrogens is 374 g/mol. The first kappa shape index (κ1) is 18.5. The lowest BCUT2D eigenvalue weighted by Crippen LogP contribution is -2.24. The third-order valence-electron chi connectivity index (χ3n) is 4.23. The van der Waals surface area contributed by atoms with E-state index in [1.165, 1.54) is 5.56 Å². The van der Waals surface area contributed by atoms with Crippen molar-refractivity contribution in [3.05, 3.63) is 59.1 Å². The molecule has 3 heterocycles. The van der Waals surface area contributed by atoms with Gasteiger partial charge in [-0.15, -0.1) is 21.5 Å². The largest absolute Gasteiger partial charge is 0.419 e. The number of hydrogen-bond donors (Lipinski definition) is 0. The highest BCUT2D eigenvalue weighted by Gasteiger charge is 2.17. The van der Waals surface area contributed by atoms with Gasteiger partial charge in [0.15, 0.2) is 0 Å². The number of nitrogens with zero attached hydrogens (tertiary/aromatic N) is 5. The second-order valence-corrected chi connectivity index (χ2v) is 7.51. The summed E-state index contributed by atoms with van der Waals surface area (Å²) in [5, 5.41) is 14.4. The molecule has 0 bridgehead atoms. The summed E-state index contributed by atoms with van der Waals surface area (Å²) >= 11 is 1.58. The summed E-state index contributed by atoms with van der Waals surface area (Å²) in [7, 11) is 0. The minimum atomic E-state index is 0.531. The zero-order chi connectivity index (χ0) is 19.3. The molecule has 0 aliphatic rings. The number of benzene rings is 1. The molecule has 0 unspecified atom stereocenters. The Kier molecular flexibility index (Phi) is 5.59. The van der Waals surface area contributed by atoms with E-state index in [2.05, 4.69) is 39.1 Å². The first-order valence-corrected chi connectivity index (χ1v) is 10.1. The molecule has 3 aromatic heterocycles. The molecule has 8 heteroatoms. The quantitative estimate of drug-likeness (QED) is 0.432. The SMILES string of the molecule is CCCN(Cc1nc(-c2ccc(C)cc2)no1)Cc1nnc(-c2cccs2)o1. The lowest BCUT2D eigenvalue weighted by atomic mass is 10.1. The van der Waals surface area contributed by atoms with Crippen molar-refractivity contribution in [2.75, 3.05) is 6.54 Å². The Labute approximate surface area is 167 Å². The predicted molar refractivity (Wildman–Crippen MR) is 106 cm³/mol. The molecule has 4 aromatic rings. The average Bonchev–Trinajstić information content (AvgIpc) is 3.44. The molecule has 0 saturated carbocycles. The molecule has 4 rings (SSSR count). The summed E-state index contributed by atoms with van der Waals surface area (Å²) in [6.07, 6.45) is 0.991. The first-order chi connectivity index (χ1) is 13.7. The third kappa shape index (κ3) is 4.35. The molecule has 0 aliphatic carbocycles. The van der Waals surface area contributed by atoms with Crippen molar-refractivity contribution < 1.29 is 8.94 Å². The second kappa shape index (κ2) is 8.45. The van der Waals surface area contributed by atoms with Crippen LogP contribution < -0.4 is 0 Å². The highest BCUT2D eigenvalue weighted by Crippen LogP contribution is 2.23. The van der Waals surface area contributed by atoms with Gasteiger partial charge in [-0.05, 0) is 31.3 Å². The van der Waals surface area contributed by atoms with Gasteiger partial charge in [0.05, 0.1) is 18.0 Å². The van der Waals surface area contributed by atoms with E-state index in [-0.39, 0.29) is 0 Å². The van der Waals surface area contributed by atoms with Crippen LogP contribution in [0.1, 0.15) is 30.7 Å². The topological polar surface area (TPSA) is 81.1 Å². The van der Waals surface area contributed by atoms with E-state index in [4.69, 9.17) is 8.94 Å². The smallest absolute Gasteiger partial charge is 0.257 e. The van der Waals surface area contributed by atoms with Crippen LogP contribution >= 0.6 is 11.3 Å². The van der Waals surface area contributed by atoms with Gasteiger partial charge in [0.1, 0.15) is 0 Å². The van der Waals surface area contributed by atoms with E-state index in [0.717, 1.165) is 23.4 Å². The molecule has 0 N–H and O–H groups in total. The summed E-state index contributed by atoms with van der Waals surface area (Å²) in [4.78, 5) is 7.67. The van der Waals surface area contributed by atoms with Crippen LogP contribution in [0, 0.1) is 6.92 Å². The number of thiophene rings is 1. The zero-order valence-corrected chi connectivity index (χ0v) is 16.6. The molecule has 7 nitrogen and oxygen atoms in total. The van der Waals surface area contributed by atoms with Gasteiger partial charge >= 0.3 is 0 Å². The van der Waals surface area contributed by atoms with Crippen molar-refractivity contribution in [2.24, 2.45) is 0 Å². The van der Waals surface area contributed by atoms with Crippen LogP contribution in [0.2, 0.25) is 0 Å². The van der Waals surface area contributed by atoms with Gasteiger partial charge in [0.2, 0.25) is 17.6 Å². The number of aromatic nitrogens is 4. The van der Waals surface area contributed by atoms with Gasteiger partial charge in [0, 0.05) is 5.56 Å². The second-order valence-electron chi connectivity index (χ2n) is 6.57. The molecule has 0 aliphatic heterocycles.